The summed E-state index contributed by atoms with van der Waals surface area (Å²) in [5, 5.41) is 2.47. The van der Waals surface area contributed by atoms with Gasteiger partial charge in [-0.1, -0.05) is 35.2 Å². The van der Waals surface area contributed by atoms with Crippen molar-refractivity contribution in [1.29, 1.82) is 0 Å². The molecule has 1 N–H and O–H groups in total. The molecule has 3 atom stereocenters. The average molecular weight is 701 g/mol. The van der Waals surface area contributed by atoms with Crippen LogP contribution in [0.2, 0.25) is 0 Å². The van der Waals surface area contributed by atoms with E-state index >= 15 is 0 Å². The number of esters is 1. The molecule has 1 fully saturated rings. The van der Waals surface area contributed by atoms with E-state index in [4.69, 9.17) is 9.47 Å². The van der Waals surface area contributed by atoms with Crippen molar-refractivity contribution >= 4 is 63.9 Å². The second-order valence-corrected chi connectivity index (χ2v) is 13.6. The van der Waals surface area contributed by atoms with Gasteiger partial charge < -0.3 is 19.7 Å². The molecule has 11 nitrogen and oxygen atoms in total. The second kappa shape index (κ2) is 14.3. The van der Waals surface area contributed by atoms with E-state index < -0.39 is 29.0 Å². The summed E-state index contributed by atoms with van der Waals surface area (Å²) in [4.78, 5) is 70.8. The van der Waals surface area contributed by atoms with Crippen LogP contribution in [-0.2, 0) is 25.7 Å². The first-order chi connectivity index (χ1) is 23.7. The predicted molar refractivity (Wildman–Crippen MR) is 190 cm³/mol. The lowest BCUT2D eigenvalue weighted by Crippen LogP contribution is -2.33. The summed E-state index contributed by atoms with van der Waals surface area (Å²) in [6.07, 6.45) is 0. The molecule has 13 heteroatoms. The molecule has 254 valence electrons. The van der Waals surface area contributed by atoms with Crippen LogP contribution < -0.4 is 24.7 Å². The van der Waals surface area contributed by atoms with E-state index in [1.54, 1.807) is 62.6 Å². The minimum absolute atomic E-state index is 0.248. The van der Waals surface area contributed by atoms with Crippen molar-refractivity contribution in [2.24, 2.45) is 5.92 Å². The first kappa shape index (κ1) is 34.0. The van der Waals surface area contributed by atoms with Crippen LogP contribution in [0.4, 0.5) is 17.1 Å². The van der Waals surface area contributed by atoms with Gasteiger partial charge >= 0.3 is 10.8 Å². The maximum atomic E-state index is 14.2. The van der Waals surface area contributed by atoms with E-state index in [0.29, 0.717) is 32.6 Å². The summed E-state index contributed by atoms with van der Waals surface area (Å²) in [6, 6.07) is 21.0. The Labute approximate surface area is 291 Å². The fraction of sp³-hybridized carbons (Fsp3) is 0.306. The monoisotopic (exact) mass is 700 g/mol. The normalized spacial score (nSPS) is 18.1. The highest BCUT2D eigenvalue weighted by Gasteiger charge is 2.56. The lowest BCUT2D eigenvalue weighted by atomic mass is 9.83. The third-order valence-corrected chi connectivity index (χ3v) is 11.3. The average Bonchev–Trinajstić information content (AvgIpc) is 3.55. The van der Waals surface area contributed by atoms with Crippen molar-refractivity contribution in [1.82, 2.24) is 4.57 Å². The number of methoxy groups -OCH3 is 1. The molecule has 3 heterocycles. The van der Waals surface area contributed by atoms with Gasteiger partial charge in [0.15, 0.2) is 0 Å². The van der Waals surface area contributed by atoms with Crippen molar-refractivity contribution in [2.45, 2.75) is 43.5 Å². The van der Waals surface area contributed by atoms with Gasteiger partial charge in [0.2, 0.25) is 17.7 Å². The summed E-state index contributed by atoms with van der Waals surface area (Å²) >= 11 is 2.16. The second-order valence-electron chi connectivity index (χ2n) is 11.5. The van der Waals surface area contributed by atoms with E-state index in [-0.39, 0.29) is 29.8 Å². The molecule has 0 spiro atoms. The molecule has 1 aromatic heterocycles. The summed E-state index contributed by atoms with van der Waals surface area (Å²) in [5.41, 5.74) is 3.08. The van der Waals surface area contributed by atoms with E-state index in [1.807, 2.05) is 24.3 Å². The van der Waals surface area contributed by atoms with Gasteiger partial charge in [-0.25, -0.2) is 9.69 Å². The van der Waals surface area contributed by atoms with Crippen LogP contribution in [0.15, 0.2) is 82.6 Å². The Balaban J connectivity index is 1.35. The van der Waals surface area contributed by atoms with E-state index in [1.165, 1.54) is 9.47 Å². The molecule has 2 unspecified atom stereocenters. The number of ether oxygens (including phenoxy) is 2. The minimum atomic E-state index is -0.812. The summed E-state index contributed by atoms with van der Waals surface area (Å²) in [6.45, 7) is 7.49. The number of carbonyl (C=O) groups is 4. The fourth-order valence-electron chi connectivity index (χ4n) is 6.33. The number of carbonyl (C=O) groups excluding carboxylic acids is 4. The van der Waals surface area contributed by atoms with Crippen molar-refractivity contribution in [2.75, 3.05) is 41.9 Å². The Morgan fingerprint density at radius 3 is 2.16 bits per heavy atom. The molecule has 2 aliphatic rings. The Morgan fingerprint density at radius 2 is 1.55 bits per heavy atom. The van der Waals surface area contributed by atoms with Crippen molar-refractivity contribution in [3.8, 4) is 5.75 Å². The van der Waals surface area contributed by atoms with Gasteiger partial charge in [0, 0.05) is 35.3 Å². The highest BCUT2D eigenvalue weighted by Crippen LogP contribution is 2.54. The largest absolute Gasteiger partial charge is 0.497 e. The van der Waals surface area contributed by atoms with E-state index in [2.05, 4.69) is 24.1 Å². The topological polar surface area (TPSA) is 127 Å². The first-order valence-electron chi connectivity index (χ1n) is 16.0. The molecule has 6 rings (SSSR count). The van der Waals surface area contributed by atoms with Crippen LogP contribution >= 0.6 is 23.1 Å². The third-order valence-electron chi connectivity index (χ3n) is 8.74. The number of nitrogens with zero attached hydrogens (tertiary/aromatic N) is 3. The number of thiazole rings is 1. The molecule has 0 bridgehead atoms. The van der Waals surface area contributed by atoms with E-state index in [0.717, 1.165) is 47.4 Å². The number of hydrogen-bond donors (Lipinski definition) is 1. The molecule has 49 heavy (non-hydrogen) atoms. The number of hydrogen-bond acceptors (Lipinski definition) is 10. The zero-order valence-corrected chi connectivity index (χ0v) is 29.1. The number of nitrogens with one attached hydrogen (secondary N) is 1. The lowest BCUT2D eigenvalue weighted by Gasteiger charge is -2.31. The number of anilines is 3. The Morgan fingerprint density at radius 1 is 0.878 bits per heavy atom. The van der Waals surface area contributed by atoms with Gasteiger partial charge in [0.25, 0.3) is 0 Å². The van der Waals surface area contributed by atoms with Crippen molar-refractivity contribution in [3.63, 3.8) is 0 Å². The van der Waals surface area contributed by atoms with E-state index in [9.17, 15) is 24.0 Å². The quantitative estimate of drug-likeness (QED) is 0.162. The first-order valence-corrected chi connectivity index (χ1v) is 17.7. The molecule has 0 saturated carbocycles. The van der Waals surface area contributed by atoms with Crippen LogP contribution in [0.1, 0.15) is 47.5 Å². The number of amides is 3. The Hall–Kier alpha value is -4.88. The number of imide groups is 1. The number of aromatic nitrogens is 1. The van der Waals surface area contributed by atoms with Crippen LogP contribution in [0, 0.1) is 5.92 Å². The van der Waals surface area contributed by atoms with Gasteiger partial charge in [-0.15, -0.1) is 0 Å². The Kier molecular flexibility index (Phi) is 9.93. The number of thioether (sulfide) groups is 1. The highest BCUT2D eigenvalue weighted by molar-refractivity contribution is 8.00. The summed E-state index contributed by atoms with van der Waals surface area (Å²) in [5.74, 6) is -2.38. The SMILES string of the molecule is CCOC(=O)c1ccc(NC(=O)Cn2c3c(sc2=O)[C@H](c2ccc(N(CC)CC)cc2)C2C(=O)N(c4ccc(OC)cc4)C(=O)C2S3)cc1. The van der Waals surface area contributed by atoms with Crippen LogP contribution in [-0.4, -0.2) is 60.3 Å². The maximum Gasteiger partial charge on any atom is 0.338 e. The van der Waals surface area contributed by atoms with Crippen molar-refractivity contribution < 1.29 is 28.7 Å². The fourth-order valence-corrected chi connectivity index (χ4v) is 9.10. The minimum Gasteiger partial charge on any atom is -0.497 e. The molecular formula is C36H36N4O7S2. The molecule has 2 aliphatic heterocycles. The van der Waals surface area contributed by atoms with Gasteiger partial charge in [0.1, 0.15) is 17.5 Å². The molecule has 3 amide bonds. The van der Waals surface area contributed by atoms with Crippen LogP contribution in [0.5, 0.6) is 5.75 Å². The Bertz CT molecular complexity index is 1930. The van der Waals surface area contributed by atoms with Gasteiger partial charge in [-0.05, 0) is 87.0 Å². The number of rotatable bonds is 11. The number of benzene rings is 3. The smallest absolute Gasteiger partial charge is 0.338 e. The molecule has 3 aromatic carbocycles. The molecule has 0 radical (unpaired) electrons. The number of fused-ring (bicyclic) bond motifs is 2. The molecule has 1 saturated heterocycles. The van der Waals surface area contributed by atoms with Crippen molar-refractivity contribution in [3.05, 3.63) is 98.5 Å². The summed E-state index contributed by atoms with van der Waals surface area (Å²) < 4.78 is 11.7. The zero-order valence-electron chi connectivity index (χ0n) is 27.5. The van der Waals surface area contributed by atoms with Gasteiger partial charge in [-0.2, -0.15) is 0 Å². The maximum absolute atomic E-state index is 14.2. The van der Waals surface area contributed by atoms with Crippen LogP contribution in [0.25, 0.3) is 0 Å². The van der Waals surface area contributed by atoms with Gasteiger partial charge in [0.05, 0.1) is 35.9 Å². The van der Waals surface area contributed by atoms with Crippen LogP contribution in [0.3, 0.4) is 0 Å². The van der Waals surface area contributed by atoms with Gasteiger partial charge in [-0.3, -0.25) is 23.7 Å². The molecule has 4 aromatic rings. The standard InChI is InChI=1S/C36H36N4O7S2/c1-5-38(6-2)24-14-10-21(11-15-24)28-29-30(33(43)40(32(29)42)25-16-18-26(46-4)19-17-25)48-34-31(28)49-36(45)39(34)20-27(41)37-23-12-8-22(9-13-23)35(44)47-7-3/h8-19,28-30H,5-7,20H2,1-4H3,(H,37,41)/t28-,29?,30?/m1/s1. The third kappa shape index (κ3) is 6.47. The lowest BCUT2D eigenvalue weighted by molar-refractivity contribution is -0.122. The summed E-state index contributed by atoms with van der Waals surface area (Å²) in [7, 11) is 1.54. The highest BCUT2D eigenvalue weighted by atomic mass is 32.2. The zero-order chi connectivity index (χ0) is 34.8. The molecule has 0 aliphatic carbocycles. The predicted octanol–water partition coefficient (Wildman–Crippen LogP) is 5.38. The molecular weight excluding hydrogens is 665 g/mol.